The molecule has 0 aromatic heterocycles. The lowest BCUT2D eigenvalue weighted by atomic mass is 10.1. The fourth-order valence-corrected chi connectivity index (χ4v) is 3.18. The molecule has 2 fully saturated rings. The summed E-state index contributed by atoms with van der Waals surface area (Å²) in [5.41, 5.74) is 7.99. The van der Waals surface area contributed by atoms with E-state index in [9.17, 15) is 0 Å². The molecule has 0 unspecified atom stereocenters. The summed E-state index contributed by atoms with van der Waals surface area (Å²) in [4.78, 5) is 5.15. The molecular formula is C16H25N3O. The predicted octanol–water partition coefficient (Wildman–Crippen LogP) is 1.96. The number of methoxy groups -OCH3 is 1. The first-order chi connectivity index (χ1) is 9.78. The third kappa shape index (κ3) is 3.07. The Morgan fingerprint density at radius 1 is 1.20 bits per heavy atom. The number of hydrogen-bond donors (Lipinski definition) is 1. The molecule has 1 aliphatic carbocycles. The van der Waals surface area contributed by atoms with Gasteiger partial charge in [0, 0.05) is 50.2 Å². The highest BCUT2D eigenvalue weighted by Crippen LogP contribution is 2.36. The van der Waals surface area contributed by atoms with Crippen molar-refractivity contribution in [3.05, 3.63) is 24.3 Å². The molecule has 0 bridgehead atoms. The van der Waals surface area contributed by atoms with Crippen LogP contribution in [0.5, 0.6) is 0 Å². The van der Waals surface area contributed by atoms with Crippen molar-refractivity contribution in [1.29, 1.82) is 0 Å². The van der Waals surface area contributed by atoms with Crippen LogP contribution in [0.3, 0.4) is 0 Å². The minimum atomic E-state index is 0.642. The summed E-state index contributed by atoms with van der Waals surface area (Å²) in [6.07, 6.45) is 3.92. The minimum absolute atomic E-state index is 0.642. The van der Waals surface area contributed by atoms with Gasteiger partial charge in [0.2, 0.25) is 0 Å². The van der Waals surface area contributed by atoms with E-state index in [0.717, 1.165) is 31.4 Å². The van der Waals surface area contributed by atoms with E-state index in [0.29, 0.717) is 6.04 Å². The Hall–Kier alpha value is -1.26. The molecule has 20 heavy (non-hydrogen) atoms. The van der Waals surface area contributed by atoms with E-state index in [4.69, 9.17) is 10.5 Å². The van der Waals surface area contributed by atoms with E-state index in [1.807, 2.05) is 12.1 Å². The first kappa shape index (κ1) is 13.7. The lowest BCUT2D eigenvalue weighted by Crippen LogP contribution is -2.39. The number of anilines is 2. The second kappa shape index (κ2) is 6.02. The highest BCUT2D eigenvalue weighted by atomic mass is 16.5. The van der Waals surface area contributed by atoms with Crippen molar-refractivity contribution < 1.29 is 4.74 Å². The van der Waals surface area contributed by atoms with Crippen LogP contribution < -0.4 is 10.6 Å². The van der Waals surface area contributed by atoms with Gasteiger partial charge in [-0.2, -0.15) is 0 Å². The molecule has 1 atom stereocenters. The Kier molecular flexibility index (Phi) is 4.13. The van der Waals surface area contributed by atoms with Gasteiger partial charge in [0.25, 0.3) is 0 Å². The van der Waals surface area contributed by atoms with Gasteiger partial charge in [-0.05, 0) is 43.5 Å². The van der Waals surface area contributed by atoms with Crippen molar-refractivity contribution in [1.82, 2.24) is 4.90 Å². The van der Waals surface area contributed by atoms with Gasteiger partial charge in [-0.15, -0.1) is 0 Å². The molecule has 2 N–H and O–H groups in total. The summed E-state index contributed by atoms with van der Waals surface area (Å²) in [6.45, 7) is 4.22. The number of ether oxygens (including phenoxy) is 1. The van der Waals surface area contributed by atoms with E-state index in [1.165, 1.54) is 31.5 Å². The SMILES string of the molecule is COCCN1CC[C@H](N(c2ccc(N)cc2)C2CC2)C1. The molecule has 4 nitrogen and oxygen atoms in total. The molecule has 4 heteroatoms. The summed E-state index contributed by atoms with van der Waals surface area (Å²) in [5.74, 6) is 0. The van der Waals surface area contributed by atoms with Crippen LogP contribution in [0.25, 0.3) is 0 Å². The molecule has 1 heterocycles. The number of hydrogen-bond acceptors (Lipinski definition) is 4. The molecule has 2 aliphatic rings. The molecule has 1 aliphatic heterocycles. The first-order valence-electron chi connectivity index (χ1n) is 7.63. The Bertz CT molecular complexity index is 430. The van der Waals surface area contributed by atoms with Gasteiger partial charge in [-0.25, -0.2) is 0 Å². The Morgan fingerprint density at radius 2 is 1.95 bits per heavy atom. The van der Waals surface area contributed by atoms with E-state index < -0.39 is 0 Å². The van der Waals surface area contributed by atoms with Crippen LogP contribution in [0.1, 0.15) is 19.3 Å². The molecule has 1 aromatic rings. The molecule has 3 rings (SSSR count). The zero-order chi connectivity index (χ0) is 13.9. The maximum absolute atomic E-state index is 5.81. The normalized spacial score (nSPS) is 23.1. The van der Waals surface area contributed by atoms with Crippen molar-refractivity contribution in [2.75, 3.05) is 44.0 Å². The first-order valence-corrected chi connectivity index (χ1v) is 7.63. The van der Waals surface area contributed by atoms with Gasteiger partial charge in [-0.3, -0.25) is 4.90 Å². The van der Waals surface area contributed by atoms with Gasteiger partial charge in [-0.1, -0.05) is 0 Å². The standard InChI is InChI=1S/C16H25N3O/c1-20-11-10-18-9-8-16(12-18)19(15-6-7-15)14-4-2-13(17)3-5-14/h2-5,15-16H,6-12,17H2,1H3/t16-/m0/s1. The largest absolute Gasteiger partial charge is 0.399 e. The molecular weight excluding hydrogens is 250 g/mol. The van der Waals surface area contributed by atoms with Crippen molar-refractivity contribution in [3.8, 4) is 0 Å². The summed E-state index contributed by atoms with van der Waals surface area (Å²) < 4.78 is 5.19. The summed E-state index contributed by atoms with van der Waals surface area (Å²) >= 11 is 0. The van der Waals surface area contributed by atoms with Gasteiger partial charge in [0.15, 0.2) is 0 Å². The van der Waals surface area contributed by atoms with Crippen LogP contribution in [-0.2, 0) is 4.74 Å². The predicted molar refractivity (Wildman–Crippen MR) is 83.1 cm³/mol. The lowest BCUT2D eigenvalue weighted by molar-refractivity contribution is 0.160. The van der Waals surface area contributed by atoms with Gasteiger partial charge >= 0.3 is 0 Å². The number of likely N-dealkylation sites (tertiary alicyclic amines) is 1. The fraction of sp³-hybridized carbons (Fsp3) is 0.625. The molecule has 1 aromatic carbocycles. The van der Waals surface area contributed by atoms with E-state index in [2.05, 4.69) is 21.9 Å². The summed E-state index contributed by atoms with van der Waals surface area (Å²) in [7, 11) is 1.78. The van der Waals surface area contributed by atoms with Gasteiger partial charge < -0.3 is 15.4 Å². The van der Waals surface area contributed by atoms with Crippen LogP contribution in [0.15, 0.2) is 24.3 Å². The summed E-state index contributed by atoms with van der Waals surface area (Å²) in [5, 5.41) is 0. The second-order valence-electron chi connectivity index (χ2n) is 5.97. The van der Waals surface area contributed by atoms with Crippen LogP contribution >= 0.6 is 0 Å². The number of benzene rings is 1. The van der Waals surface area contributed by atoms with E-state index >= 15 is 0 Å². The van der Waals surface area contributed by atoms with E-state index in [1.54, 1.807) is 7.11 Å². The Balaban J connectivity index is 1.67. The van der Waals surface area contributed by atoms with Gasteiger partial charge in [0.1, 0.15) is 0 Å². The average Bonchev–Trinajstić information content (AvgIpc) is 3.18. The molecule has 110 valence electrons. The third-order valence-corrected chi connectivity index (χ3v) is 4.38. The quantitative estimate of drug-likeness (QED) is 0.806. The third-order valence-electron chi connectivity index (χ3n) is 4.38. The highest BCUT2D eigenvalue weighted by Gasteiger charge is 2.37. The molecule has 0 radical (unpaired) electrons. The second-order valence-corrected chi connectivity index (χ2v) is 5.97. The zero-order valence-electron chi connectivity index (χ0n) is 12.3. The zero-order valence-corrected chi connectivity index (χ0v) is 12.3. The smallest absolute Gasteiger partial charge is 0.0589 e. The number of nitrogens with two attached hydrogens (primary N) is 1. The number of rotatable bonds is 6. The van der Waals surface area contributed by atoms with E-state index in [-0.39, 0.29) is 0 Å². The lowest BCUT2D eigenvalue weighted by Gasteiger charge is -2.31. The molecule has 0 amide bonds. The van der Waals surface area contributed by atoms with Crippen LogP contribution in [-0.4, -0.2) is 50.3 Å². The average molecular weight is 275 g/mol. The maximum atomic E-state index is 5.81. The molecule has 1 saturated heterocycles. The Labute approximate surface area is 121 Å². The van der Waals surface area contributed by atoms with Crippen LogP contribution in [0, 0.1) is 0 Å². The monoisotopic (exact) mass is 275 g/mol. The van der Waals surface area contributed by atoms with Crippen LogP contribution in [0.2, 0.25) is 0 Å². The summed E-state index contributed by atoms with van der Waals surface area (Å²) in [6, 6.07) is 9.76. The number of nitrogens with zero attached hydrogens (tertiary/aromatic N) is 2. The minimum Gasteiger partial charge on any atom is -0.399 e. The van der Waals surface area contributed by atoms with Crippen molar-refractivity contribution in [2.45, 2.75) is 31.3 Å². The van der Waals surface area contributed by atoms with Crippen molar-refractivity contribution >= 4 is 11.4 Å². The highest BCUT2D eigenvalue weighted by molar-refractivity contribution is 5.55. The molecule has 0 spiro atoms. The maximum Gasteiger partial charge on any atom is 0.0589 e. The van der Waals surface area contributed by atoms with Crippen molar-refractivity contribution in [2.24, 2.45) is 0 Å². The fourth-order valence-electron chi connectivity index (χ4n) is 3.18. The topological polar surface area (TPSA) is 41.7 Å². The van der Waals surface area contributed by atoms with Gasteiger partial charge in [0.05, 0.1) is 6.61 Å². The number of nitrogen functional groups attached to an aromatic ring is 1. The molecule has 1 saturated carbocycles. The van der Waals surface area contributed by atoms with Crippen molar-refractivity contribution in [3.63, 3.8) is 0 Å². The van der Waals surface area contributed by atoms with Crippen LogP contribution in [0.4, 0.5) is 11.4 Å². The Morgan fingerprint density at radius 3 is 2.60 bits per heavy atom.